The van der Waals surface area contributed by atoms with E-state index in [0.717, 1.165) is 0 Å². The summed E-state index contributed by atoms with van der Waals surface area (Å²) < 4.78 is 0. The van der Waals surface area contributed by atoms with Gasteiger partial charge in [-0.3, -0.25) is 0 Å². The summed E-state index contributed by atoms with van der Waals surface area (Å²) in [6.45, 7) is 4.49. The van der Waals surface area contributed by atoms with Crippen molar-refractivity contribution in [2.24, 2.45) is 0 Å². The summed E-state index contributed by atoms with van der Waals surface area (Å²) in [5.41, 5.74) is 23.4. The van der Waals surface area contributed by atoms with Crippen LogP contribution in [-0.4, -0.2) is 0 Å². The number of benzene rings is 10. The molecule has 10 aromatic carbocycles. The van der Waals surface area contributed by atoms with Gasteiger partial charge in [0.25, 0.3) is 0 Å². The predicted molar refractivity (Wildman–Crippen MR) is 239 cm³/mol. The lowest BCUT2D eigenvalue weighted by molar-refractivity contribution is 1.38. The molecule has 2 aliphatic carbocycles. The largest absolute Gasteiger partial charge is 0.0622 e. The maximum Gasteiger partial charge on any atom is -0.000741 e. The van der Waals surface area contributed by atoms with E-state index in [-0.39, 0.29) is 0 Å². The molecule has 0 unspecified atom stereocenters. The van der Waals surface area contributed by atoms with Crippen molar-refractivity contribution in [3.63, 3.8) is 0 Å². The van der Waals surface area contributed by atoms with Gasteiger partial charge >= 0.3 is 0 Å². The number of rotatable bonds is 4. The van der Waals surface area contributed by atoms with Crippen molar-refractivity contribution >= 4 is 32.3 Å². The summed E-state index contributed by atoms with van der Waals surface area (Å²) in [4.78, 5) is 0. The molecule has 0 N–H and O–H groups in total. The van der Waals surface area contributed by atoms with Gasteiger partial charge in [0.1, 0.15) is 0 Å². The highest BCUT2D eigenvalue weighted by Crippen LogP contribution is 2.59. The summed E-state index contributed by atoms with van der Waals surface area (Å²) in [7, 11) is 0. The first kappa shape index (κ1) is 31.3. The highest BCUT2D eigenvalue weighted by atomic mass is 14.3. The lowest BCUT2D eigenvalue weighted by atomic mass is 9.81. The Kier molecular flexibility index (Phi) is 6.57. The van der Waals surface area contributed by atoms with Crippen molar-refractivity contribution in [2.75, 3.05) is 0 Å². The first-order valence-corrected chi connectivity index (χ1v) is 19.7. The molecule has 0 heteroatoms. The number of fused-ring (bicyclic) bond motifs is 7. The Morgan fingerprint density at radius 2 is 0.696 bits per heavy atom. The molecule has 0 nitrogen and oxygen atoms in total. The molecule has 12 rings (SSSR count). The summed E-state index contributed by atoms with van der Waals surface area (Å²) in [5, 5.41) is 7.87. The van der Waals surface area contributed by atoms with E-state index in [9.17, 15) is 0 Å². The van der Waals surface area contributed by atoms with Gasteiger partial charge in [-0.05, 0) is 152 Å². The Labute approximate surface area is 327 Å². The van der Waals surface area contributed by atoms with Crippen LogP contribution in [0, 0.1) is 13.8 Å². The van der Waals surface area contributed by atoms with Crippen molar-refractivity contribution in [2.45, 2.75) is 13.8 Å². The zero-order valence-electron chi connectivity index (χ0n) is 31.3. The first-order chi connectivity index (χ1) is 27.7. The number of hydrogen-bond acceptors (Lipinski definition) is 0. The van der Waals surface area contributed by atoms with E-state index < -0.39 is 0 Å². The maximum atomic E-state index is 2.49. The summed E-state index contributed by atoms with van der Waals surface area (Å²) in [6, 6.07) is 68.2. The van der Waals surface area contributed by atoms with Gasteiger partial charge in [0.2, 0.25) is 0 Å². The Morgan fingerprint density at radius 1 is 0.232 bits per heavy atom. The minimum Gasteiger partial charge on any atom is -0.0622 e. The zero-order chi connectivity index (χ0) is 37.1. The molecule has 10 aromatic rings. The highest BCUT2D eigenvalue weighted by Gasteiger charge is 2.32. The van der Waals surface area contributed by atoms with Crippen molar-refractivity contribution < 1.29 is 0 Å². The van der Waals surface area contributed by atoms with Crippen molar-refractivity contribution in [1.82, 2.24) is 0 Å². The van der Waals surface area contributed by atoms with E-state index in [2.05, 4.69) is 196 Å². The number of hydrogen-bond donors (Lipinski definition) is 0. The number of aryl methyl sites for hydroxylation is 2. The molecular formula is C56H36. The third kappa shape index (κ3) is 4.24. The van der Waals surface area contributed by atoms with E-state index >= 15 is 0 Å². The first-order valence-electron chi connectivity index (χ1n) is 19.7. The Balaban J connectivity index is 1.21. The van der Waals surface area contributed by atoms with Crippen LogP contribution < -0.4 is 0 Å². The lowest BCUT2D eigenvalue weighted by Gasteiger charge is -2.21. The topological polar surface area (TPSA) is 0 Å². The molecule has 0 bridgehead atoms. The molecule has 0 aromatic heterocycles. The van der Waals surface area contributed by atoms with Gasteiger partial charge in [-0.2, -0.15) is 0 Å². The monoisotopic (exact) mass is 708 g/mol. The van der Waals surface area contributed by atoms with Gasteiger partial charge in [0.05, 0.1) is 0 Å². The second-order valence-corrected chi connectivity index (χ2v) is 15.6. The Hall–Kier alpha value is -7.02. The van der Waals surface area contributed by atoms with Gasteiger partial charge < -0.3 is 0 Å². The average Bonchev–Trinajstić information content (AvgIpc) is 3.75. The van der Waals surface area contributed by atoms with E-state index in [1.54, 1.807) is 0 Å². The molecule has 0 heterocycles. The fraction of sp³-hybridized carbons (Fsp3) is 0.0357. The second kappa shape index (κ2) is 11.7. The van der Waals surface area contributed by atoms with Gasteiger partial charge in [-0.1, -0.05) is 176 Å². The van der Waals surface area contributed by atoms with Crippen molar-refractivity contribution in [3.05, 3.63) is 193 Å². The molecule has 260 valence electrons. The van der Waals surface area contributed by atoms with Crippen LogP contribution in [0.3, 0.4) is 0 Å². The minimum atomic E-state index is 1.24. The van der Waals surface area contributed by atoms with Crippen LogP contribution in [0.15, 0.2) is 182 Å². The molecular weight excluding hydrogens is 673 g/mol. The fourth-order valence-corrected chi connectivity index (χ4v) is 10.3. The second-order valence-electron chi connectivity index (χ2n) is 15.6. The fourth-order valence-electron chi connectivity index (χ4n) is 10.3. The van der Waals surface area contributed by atoms with Crippen LogP contribution in [-0.2, 0) is 0 Å². The molecule has 0 amide bonds. The zero-order valence-corrected chi connectivity index (χ0v) is 31.3. The third-order valence-electron chi connectivity index (χ3n) is 12.6. The molecule has 0 fully saturated rings. The normalized spacial score (nSPS) is 12.1. The van der Waals surface area contributed by atoms with E-state index in [4.69, 9.17) is 0 Å². The van der Waals surface area contributed by atoms with Crippen LogP contribution in [0.5, 0.6) is 0 Å². The smallest absolute Gasteiger partial charge is 0.000741 e. The highest BCUT2D eigenvalue weighted by molar-refractivity contribution is 6.29. The van der Waals surface area contributed by atoms with Crippen LogP contribution in [0.1, 0.15) is 11.1 Å². The molecule has 0 atom stereocenters. The van der Waals surface area contributed by atoms with Crippen LogP contribution in [0.4, 0.5) is 0 Å². The summed E-state index contributed by atoms with van der Waals surface area (Å²) >= 11 is 0. The molecule has 0 radical (unpaired) electrons. The minimum absolute atomic E-state index is 1.24. The van der Waals surface area contributed by atoms with Crippen LogP contribution >= 0.6 is 0 Å². The molecule has 0 aliphatic heterocycles. The molecule has 0 spiro atoms. The SMILES string of the molecule is Cc1cccc(C)c1-c1ccc2c3c(cccc13)-c1c-2c(-c2ccccc2)c2ccc(-c3ccc4c5c(cccc35)-c3ccccc3-4)cc2c1-c1ccccc1. The van der Waals surface area contributed by atoms with E-state index in [0.29, 0.717) is 0 Å². The van der Waals surface area contributed by atoms with E-state index in [1.165, 1.54) is 132 Å². The summed E-state index contributed by atoms with van der Waals surface area (Å²) in [5.74, 6) is 0. The van der Waals surface area contributed by atoms with Crippen molar-refractivity contribution in [1.29, 1.82) is 0 Å². The van der Waals surface area contributed by atoms with E-state index in [1.807, 2.05) is 0 Å². The van der Waals surface area contributed by atoms with Gasteiger partial charge in [-0.25, -0.2) is 0 Å². The lowest BCUT2D eigenvalue weighted by Crippen LogP contribution is -1.94. The van der Waals surface area contributed by atoms with Crippen molar-refractivity contribution in [3.8, 4) is 89.0 Å². The van der Waals surface area contributed by atoms with Gasteiger partial charge in [0, 0.05) is 0 Å². The molecule has 0 saturated heterocycles. The molecule has 0 saturated carbocycles. The third-order valence-corrected chi connectivity index (χ3v) is 12.6. The predicted octanol–water partition coefficient (Wildman–Crippen LogP) is 15.7. The molecule has 56 heavy (non-hydrogen) atoms. The van der Waals surface area contributed by atoms with Gasteiger partial charge in [0.15, 0.2) is 0 Å². The Bertz CT molecular complexity index is 3240. The van der Waals surface area contributed by atoms with Crippen LogP contribution in [0.25, 0.3) is 121 Å². The van der Waals surface area contributed by atoms with Gasteiger partial charge in [-0.15, -0.1) is 0 Å². The quantitative estimate of drug-likeness (QED) is 0.171. The average molecular weight is 709 g/mol. The molecule has 2 aliphatic rings. The maximum absolute atomic E-state index is 2.49. The standard InChI is InChI=1S/C56H36/c1-33-14-11-15-34(2)50(33)45-30-31-48-54-43(45)24-13-25-47(54)55-52(36-18-7-4-8-19-36)49-32-37(26-27-46(49)51(56(48)55)35-16-5-3-6-17-35)38-28-29-44-40-21-10-9-20-39(40)42-23-12-22-41(38)53(42)44/h3-32H,1-2H3. The summed E-state index contributed by atoms with van der Waals surface area (Å²) in [6.07, 6.45) is 0. The van der Waals surface area contributed by atoms with Crippen LogP contribution in [0.2, 0.25) is 0 Å². The Morgan fingerprint density at radius 3 is 1.38 bits per heavy atom.